The minimum atomic E-state index is -0.411. The molecule has 1 aliphatic heterocycles. The largest absolute Gasteiger partial charge is 0.367 e. The molecule has 1 saturated heterocycles. The first-order valence-corrected chi connectivity index (χ1v) is 7.62. The summed E-state index contributed by atoms with van der Waals surface area (Å²) in [6.07, 6.45) is 5.47. The zero-order valence-electron chi connectivity index (χ0n) is 10.5. The molecular weight excluding hydrogens is 343 g/mol. The standard InChI is InChI=1S/C13H17IN2O2/c1-13(6-2-3-7-18-13)12-15-10(8-4-5-8)9(14)11(17)16-12/h8H,2-7H2,1H3,(H,15,16,17). The van der Waals surface area contributed by atoms with Crippen LogP contribution in [0, 0.1) is 3.57 Å². The Kier molecular flexibility index (Phi) is 3.21. The molecule has 98 valence electrons. The molecule has 0 spiro atoms. The van der Waals surface area contributed by atoms with Crippen molar-refractivity contribution in [2.75, 3.05) is 6.61 Å². The van der Waals surface area contributed by atoms with Crippen molar-refractivity contribution in [3.8, 4) is 0 Å². The Morgan fingerprint density at radius 1 is 1.44 bits per heavy atom. The Morgan fingerprint density at radius 3 is 2.83 bits per heavy atom. The molecule has 1 aromatic heterocycles. The molecule has 2 fully saturated rings. The molecule has 1 aliphatic carbocycles. The van der Waals surface area contributed by atoms with Gasteiger partial charge in [-0.05, 0) is 61.6 Å². The number of nitrogens with one attached hydrogen (secondary N) is 1. The maximum absolute atomic E-state index is 12.0. The third-order valence-corrected chi connectivity index (χ3v) is 4.86. The molecule has 2 aliphatic rings. The highest BCUT2D eigenvalue weighted by Gasteiger charge is 2.35. The van der Waals surface area contributed by atoms with Crippen LogP contribution in [0.15, 0.2) is 4.79 Å². The minimum absolute atomic E-state index is 0.0158. The molecule has 1 N–H and O–H groups in total. The van der Waals surface area contributed by atoms with Gasteiger partial charge in [0.15, 0.2) is 0 Å². The lowest BCUT2D eigenvalue weighted by Crippen LogP contribution is -2.35. The van der Waals surface area contributed by atoms with E-state index in [1.54, 1.807) is 0 Å². The fraction of sp³-hybridized carbons (Fsp3) is 0.692. The fourth-order valence-corrected chi connectivity index (χ4v) is 3.17. The number of nitrogens with zero attached hydrogens (tertiary/aromatic N) is 1. The van der Waals surface area contributed by atoms with Crippen LogP contribution in [0.2, 0.25) is 0 Å². The normalized spacial score (nSPS) is 28.3. The number of halogens is 1. The lowest BCUT2D eigenvalue weighted by Gasteiger charge is -2.33. The number of aromatic nitrogens is 2. The molecule has 1 aromatic rings. The molecule has 1 saturated carbocycles. The van der Waals surface area contributed by atoms with E-state index < -0.39 is 5.60 Å². The Bertz CT molecular complexity index is 516. The van der Waals surface area contributed by atoms with Crippen LogP contribution < -0.4 is 5.56 Å². The molecule has 2 heterocycles. The van der Waals surface area contributed by atoms with Gasteiger partial charge in [0.25, 0.3) is 5.56 Å². The Balaban J connectivity index is 2.03. The number of aromatic amines is 1. The van der Waals surface area contributed by atoms with Crippen LogP contribution >= 0.6 is 22.6 Å². The number of hydrogen-bond donors (Lipinski definition) is 1. The average Bonchev–Trinajstić information content (AvgIpc) is 3.17. The van der Waals surface area contributed by atoms with Crippen LogP contribution in [0.4, 0.5) is 0 Å². The highest BCUT2D eigenvalue weighted by Crippen LogP contribution is 2.41. The third kappa shape index (κ3) is 2.22. The van der Waals surface area contributed by atoms with E-state index in [2.05, 4.69) is 27.6 Å². The smallest absolute Gasteiger partial charge is 0.264 e. The summed E-state index contributed by atoms with van der Waals surface area (Å²) in [5.74, 6) is 1.21. The summed E-state index contributed by atoms with van der Waals surface area (Å²) in [5.41, 5.74) is 0.549. The van der Waals surface area contributed by atoms with Crippen LogP contribution in [0.3, 0.4) is 0 Å². The predicted molar refractivity (Wildman–Crippen MR) is 76.7 cm³/mol. The highest BCUT2D eigenvalue weighted by molar-refractivity contribution is 14.1. The third-order valence-electron chi connectivity index (χ3n) is 3.82. The van der Waals surface area contributed by atoms with Gasteiger partial charge >= 0.3 is 0 Å². The molecule has 0 bridgehead atoms. The first kappa shape index (κ1) is 12.6. The van der Waals surface area contributed by atoms with Crippen LogP contribution in [0.5, 0.6) is 0 Å². The quantitative estimate of drug-likeness (QED) is 0.826. The summed E-state index contributed by atoms with van der Waals surface area (Å²) in [6, 6.07) is 0. The van der Waals surface area contributed by atoms with Gasteiger partial charge in [-0.15, -0.1) is 0 Å². The first-order valence-electron chi connectivity index (χ1n) is 6.54. The second-order valence-electron chi connectivity index (χ2n) is 5.42. The van der Waals surface area contributed by atoms with Gasteiger partial charge in [0, 0.05) is 12.5 Å². The second kappa shape index (κ2) is 4.59. The van der Waals surface area contributed by atoms with Crippen LogP contribution in [-0.4, -0.2) is 16.6 Å². The van der Waals surface area contributed by atoms with Gasteiger partial charge < -0.3 is 9.72 Å². The van der Waals surface area contributed by atoms with Crippen molar-refractivity contribution in [3.63, 3.8) is 0 Å². The lowest BCUT2D eigenvalue weighted by molar-refractivity contribution is -0.0763. The maximum Gasteiger partial charge on any atom is 0.264 e. The average molecular weight is 360 g/mol. The molecule has 0 amide bonds. The van der Waals surface area contributed by atoms with Gasteiger partial charge in [0.2, 0.25) is 0 Å². The Hall–Kier alpha value is -0.430. The Labute approximate surface area is 120 Å². The summed E-state index contributed by atoms with van der Waals surface area (Å²) < 4.78 is 6.61. The van der Waals surface area contributed by atoms with E-state index in [1.165, 1.54) is 0 Å². The highest BCUT2D eigenvalue weighted by atomic mass is 127. The zero-order chi connectivity index (χ0) is 12.8. The molecule has 1 atom stereocenters. The molecule has 0 aromatic carbocycles. The number of ether oxygens (including phenoxy) is 1. The van der Waals surface area contributed by atoms with Crippen molar-refractivity contribution >= 4 is 22.6 Å². The van der Waals surface area contributed by atoms with E-state index in [4.69, 9.17) is 9.72 Å². The maximum atomic E-state index is 12.0. The van der Waals surface area contributed by atoms with Gasteiger partial charge in [-0.25, -0.2) is 4.98 Å². The minimum Gasteiger partial charge on any atom is -0.367 e. The molecule has 5 heteroatoms. The van der Waals surface area contributed by atoms with E-state index in [0.717, 1.165) is 53.8 Å². The van der Waals surface area contributed by atoms with E-state index in [1.807, 2.05) is 6.92 Å². The van der Waals surface area contributed by atoms with Crippen LogP contribution in [-0.2, 0) is 10.3 Å². The Morgan fingerprint density at radius 2 is 2.22 bits per heavy atom. The molecule has 0 radical (unpaired) electrons. The summed E-state index contributed by atoms with van der Waals surface area (Å²) in [5, 5.41) is 0. The molecule has 18 heavy (non-hydrogen) atoms. The van der Waals surface area contributed by atoms with Crippen molar-refractivity contribution in [2.24, 2.45) is 0 Å². The topological polar surface area (TPSA) is 55.0 Å². The summed E-state index contributed by atoms with van der Waals surface area (Å²) in [7, 11) is 0. The van der Waals surface area contributed by atoms with Crippen molar-refractivity contribution < 1.29 is 4.74 Å². The SMILES string of the molecule is CC1(c2nc(C3CC3)c(I)c(=O)[nH]2)CCCCO1. The molecule has 3 rings (SSSR count). The summed E-state index contributed by atoms with van der Waals surface area (Å²) >= 11 is 2.11. The molecule has 4 nitrogen and oxygen atoms in total. The molecular formula is C13H17IN2O2. The van der Waals surface area contributed by atoms with E-state index in [0.29, 0.717) is 5.92 Å². The second-order valence-corrected chi connectivity index (χ2v) is 6.50. The van der Waals surface area contributed by atoms with Gasteiger partial charge in [-0.3, -0.25) is 4.79 Å². The van der Waals surface area contributed by atoms with Crippen molar-refractivity contribution in [3.05, 3.63) is 25.4 Å². The van der Waals surface area contributed by atoms with Gasteiger partial charge in [-0.2, -0.15) is 0 Å². The fourth-order valence-electron chi connectivity index (χ4n) is 2.47. The van der Waals surface area contributed by atoms with E-state index in [-0.39, 0.29) is 5.56 Å². The van der Waals surface area contributed by atoms with Crippen LogP contribution in [0.25, 0.3) is 0 Å². The van der Waals surface area contributed by atoms with Gasteiger partial charge in [-0.1, -0.05) is 0 Å². The number of H-pyrrole nitrogens is 1. The van der Waals surface area contributed by atoms with Crippen molar-refractivity contribution in [1.29, 1.82) is 0 Å². The van der Waals surface area contributed by atoms with Gasteiger partial charge in [0.05, 0.1) is 9.26 Å². The zero-order valence-corrected chi connectivity index (χ0v) is 12.6. The number of hydrogen-bond acceptors (Lipinski definition) is 3. The van der Waals surface area contributed by atoms with Crippen molar-refractivity contribution in [1.82, 2.24) is 9.97 Å². The van der Waals surface area contributed by atoms with E-state index in [9.17, 15) is 4.79 Å². The van der Waals surface area contributed by atoms with Gasteiger partial charge in [0.1, 0.15) is 11.4 Å². The first-order chi connectivity index (χ1) is 8.60. The lowest BCUT2D eigenvalue weighted by atomic mass is 9.95. The summed E-state index contributed by atoms with van der Waals surface area (Å²) in [6.45, 7) is 2.79. The van der Waals surface area contributed by atoms with Crippen LogP contribution in [0.1, 0.15) is 56.5 Å². The molecule has 1 unspecified atom stereocenters. The monoisotopic (exact) mass is 360 g/mol. The van der Waals surface area contributed by atoms with Crippen molar-refractivity contribution in [2.45, 2.75) is 50.5 Å². The summed E-state index contributed by atoms with van der Waals surface area (Å²) in [4.78, 5) is 19.6. The predicted octanol–water partition coefficient (Wildman–Crippen LogP) is 2.67. The van der Waals surface area contributed by atoms with E-state index >= 15 is 0 Å². The number of rotatable bonds is 2.